The van der Waals surface area contributed by atoms with E-state index in [4.69, 9.17) is 5.11 Å². The monoisotopic (exact) mass is 307 g/mol. The van der Waals surface area contributed by atoms with Crippen LogP contribution in [0.4, 0.5) is 10.5 Å². The molecular weight excluding hydrogens is 286 g/mol. The van der Waals surface area contributed by atoms with Gasteiger partial charge in [0.15, 0.2) is 0 Å². The van der Waals surface area contributed by atoms with Crippen LogP contribution in [0.3, 0.4) is 0 Å². The van der Waals surface area contributed by atoms with Crippen molar-refractivity contribution in [2.75, 3.05) is 38.6 Å². The molecule has 120 valence electrons. The number of nitrogens with one attached hydrogen (secondary N) is 2. The lowest BCUT2D eigenvalue weighted by Crippen LogP contribution is -2.52. The van der Waals surface area contributed by atoms with Gasteiger partial charge in [0.05, 0.1) is 12.7 Å². The number of benzene rings is 1. The summed E-state index contributed by atoms with van der Waals surface area (Å²) in [6, 6.07) is 7.25. The first-order valence-corrected chi connectivity index (χ1v) is 7.23. The summed E-state index contributed by atoms with van der Waals surface area (Å²) in [5, 5.41) is 15.6. The van der Waals surface area contributed by atoms with E-state index in [1.807, 2.05) is 6.07 Å². The lowest BCUT2D eigenvalue weighted by molar-refractivity contribution is 0.0600. The predicted octanol–water partition coefficient (Wildman–Crippen LogP) is 1.23. The lowest BCUT2D eigenvalue weighted by atomic mass is 10.1. The van der Waals surface area contributed by atoms with Crippen molar-refractivity contribution in [3.63, 3.8) is 0 Å². The number of esters is 1. The molecule has 1 aromatic carbocycles. The Morgan fingerprint density at radius 2 is 2.32 bits per heavy atom. The molecule has 1 amide bonds. The number of hydrogen-bond acceptors (Lipinski definition) is 5. The van der Waals surface area contributed by atoms with Crippen LogP contribution in [0.5, 0.6) is 0 Å². The molecule has 0 aliphatic carbocycles. The van der Waals surface area contributed by atoms with E-state index in [0.717, 1.165) is 12.1 Å². The molecule has 1 aliphatic heterocycles. The van der Waals surface area contributed by atoms with Gasteiger partial charge in [-0.25, -0.2) is 9.59 Å². The standard InChI is InChI=1S/C15H21N3O4/c1-22-14(19)11-3-2-4-12(9-11)16-6-5-13-10-18(15(20)21)8-7-17-13/h2-4,9,13,16-17H,5-8,10H2,1H3,(H,20,21)/t13-/m1/s1. The topological polar surface area (TPSA) is 90.9 Å². The number of piperazine rings is 1. The van der Waals surface area contributed by atoms with E-state index in [1.54, 1.807) is 18.2 Å². The summed E-state index contributed by atoms with van der Waals surface area (Å²) < 4.78 is 4.69. The van der Waals surface area contributed by atoms with Crippen molar-refractivity contribution < 1.29 is 19.4 Å². The number of carboxylic acid groups (broad SMARTS) is 1. The first kappa shape index (κ1) is 16.1. The Morgan fingerprint density at radius 3 is 3.05 bits per heavy atom. The fourth-order valence-electron chi connectivity index (χ4n) is 2.46. The minimum Gasteiger partial charge on any atom is -0.465 e. The predicted molar refractivity (Wildman–Crippen MR) is 82.3 cm³/mol. The Hall–Kier alpha value is -2.28. The molecule has 2 rings (SSSR count). The number of ether oxygens (including phenoxy) is 1. The van der Waals surface area contributed by atoms with Crippen molar-refractivity contribution in [2.24, 2.45) is 0 Å². The van der Waals surface area contributed by atoms with E-state index in [9.17, 15) is 9.59 Å². The first-order valence-electron chi connectivity index (χ1n) is 7.23. The zero-order valence-electron chi connectivity index (χ0n) is 12.5. The Kier molecular flexibility index (Phi) is 5.60. The highest BCUT2D eigenvalue weighted by atomic mass is 16.5. The van der Waals surface area contributed by atoms with Crippen molar-refractivity contribution in [1.29, 1.82) is 0 Å². The first-order chi connectivity index (χ1) is 10.6. The minimum atomic E-state index is -0.870. The van der Waals surface area contributed by atoms with Gasteiger partial charge in [-0.1, -0.05) is 6.07 Å². The second-order valence-corrected chi connectivity index (χ2v) is 5.17. The molecule has 3 N–H and O–H groups in total. The van der Waals surface area contributed by atoms with E-state index in [-0.39, 0.29) is 12.0 Å². The second kappa shape index (κ2) is 7.65. The van der Waals surface area contributed by atoms with Gasteiger partial charge in [-0.15, -0.1) is 0 Å². The molecule has 1 atom stereocenters. The van der Waals surface area contributed by atoms with E-state index >= 15 is 0 Å². The molecule has 0 saturated carbocycles. The van der Waals surface area contributed by atoms with Crippen molar-refractivity contribution in [2.45, 2.75) is 12.5 Å². The maximum atomic E-state index is 11.5. The van der Waals surface area contributed by atoms with Gasteiger partial charge in [0, 0.05) is 37.9 Å². The van der Waals surface area contributed by atoms with Crippen LogP contribution in [0.2, 0.25) is 0 Å². The molecule has 0 bridgehead atoms. The highest BCUT2D eigenvalue weighted by Crippen LogP contribution is 2.12. The average Bonchev–Trinajstić information content (AvgIpc) is 2.54. The molecule has 1 heterocycles. The zero-order valence-corrected chi connectivity index (χ0v) is 12.5. The van der Waals surface area contributed by atoms with Gasteiger partial charge in [0.2, 0.25) is 0 Å². The van der Waals surface area contributed by atoms with Crippen LogP contribution in [0.1, 0.15) is 16.8 Å². The quantitative estimate of drug-likeness (QED) is 0.709. The maximum absolute atomic E-state index is 11.5. The SMILES string of the molecule is COC(=O)c1cccc(NCC[C@@H]2CN(C(=O)O)CCN2)c1. The maximum Gasteiger partial charge on any atom is 0.407 e. The molecule has 1 saturated heterocycles. The number of hydrogen-bond donors (Lipinski definition) is 3. The van der Waals surface area contributed by atoms with Gasteiger partial charge in [0.25, 0.3) is 0 Å². The molecule has 0 radical (unpaired) electrons. The third kappa shape index (κ3) is 4.36. The van der Waals surface area contributed by atoms with Gasteiger partial charge < -0.3 is 25.4 Å². The van der Waals surface area contributed by atoms with Crippen molar-refractivity contribution >= 4 is 17.7 Å². The molecule has 1 fully saturated rings. The molecule has 0 aromatic heterocycles. The summed E-state index contributed by atoms with van der Waals surface area (Å²) in [7, 11) is 1.35. The second-order valence-electron chi connectivity index (χ2n) is 5.17. The molecule has 0 unspecified atom stereocenters. The molecule has 1 aromatic rings. The third-order valence-electron chi connectivity index (χ3n) is 3.63. The van der Waals surface area contributed by atoms with Gasteiger partial charge in [0.1, 0.15) is 0 Å². The van der Waals surface area contributed by atoms with Crippen LogP contribution in [0.25, 0.3) is 0 Å². The van der Waals surface area contributed by atoms with E-state index < -0.39 is 6.09 Å². The molecule has 7 heteroatoms. The van der Waals surface area contributed by atoms with E-state index in [0.29, 0.717) is 31.7 Å². The highest BCUT2D eigenvalue weighted by Gasteiger charge is 2.22. The zero-order chi connectivity index (χ0) is 15.9. The smallest absolute Gasteiger partial charge is 0.407 e. The summed E-state index contributed by atoms with van der Waals surface area (Å²) in [6.45, 7) is 2.39. The van der Waals surface area contributed by atoms with Crippen LogP contribution in [0.15, 0.2) is 24.3 Å². The molecule has 7 nitrogen and oxygen atoms in total. The summed E-state index contributed by atoms with van der Waals surface area (Å²) >= 11 is 0. The normalized spacial score (nSPS) is 17.9. The number of rotatable bonds is 5. The number of carbonyl (C=O) groups excluding carboxylic acids is 1. The summed E-state index contributed by atoms with van der Waals surface area (Å²) in [6.07, 6.45) is -0.0723. The van der Waals surface area contributed by atoms with Crippen LogP contribution >= 0.6 is 0 Å². The number of nitrogens with zero attached hydrogens (tertiary/aromatic N) is 1. The molecular formula is C15H21N3O4. The van der Waals surface area contributed by atoms with Crippen molar-refractivity contribution in [3.05, 3.63) is 29.8 Å². The third-order valence-corrected chi connectivity index (χ3v) is 3.63. The van der Waals surface area contributed by atoms with Crippen molar-refractivity contribution in [1.82, 2.24) is 10.2 Å². The average molecular weight is 307 g/mol. The van der Waals surface area contributed by atoms with Gasteiger partial charge in [-0.05, 0) is 24.6 Å². The van der Waals surface area contributed by atoms with Gasteiger partial charge >= 0.3 is 12.1 Å². The minimum absolute atomic E-state index is 0.140. The number of methoxy groups -OCH3 is 1. The lowest BCUT2D eigenvalue weighted by Gasteiger charge is -2.31. The van der Waals surface area contributed by atoms with Crippen molar-refractivity contribution in [3.8, 4) is 0 Å². The van der Waals surface area contributed by atoms with E-state index in [2.05, 4.69) is 15.4 Å². The molecule has 1 aliphatic rings. The summed E-state index contributed by atoms with van der Waals surface area (Å²) in [5.74, 6) is -0.366. The van der Waals surface area contributed by atoms with Crippen LogP contribution in [-0.4, -0.2) is 61.4 Å². The summed E-state index contributed by atoms with van der Waals surface area (Å²) in [5.41, 5.74) is 1.34. The Morgan fingerprint density at radius 1 is 1.50 bits per heavy atom. The highest BCUT2D eigenvalue weighted by molar-refractivity contribution is 5.90. The van der Waals surface area contributed by atoms with Crippen LogP contribution < -0.4 is 10.6 Å². The molecule has 0 spiro atoms. The fraction of sp³-hybridized carbons (Fsp3) is 0.467. The fourth-order valence-corrected chi connectivity index (χ4v) is 2.46. The number of anilines is 1. The summed E-state index contributed by atoms with van der Waals surface area (Å²) in [4.78, 5) is 23.9. The van der Waals surface area contributed by atoms with Crippen LogP contribution in [0, 0.1) is 0 Å². The van der Waals surface area contributed by atoms with Crippen LogP contribution in [-0.2, 0) is 4.74 Å². The Balaban J connectivity index is 1.81. The molecule has 22 heavy (non-hydrogen) atoms. The Bertz CT molecular complexity index is 535. The van der Waals surface area contributed by atoms with E-state index in [1.165, 1.54) is 12.0 Å². The van der Waals surface area contributed by atoms with Gasteiger partial charge in [-0.3, -0.25) is 0 Å². The largest absolute Gasteiger partial charge is 0.465 e. The Labute approximate surface area is 129 Å². The van der Waals surface area contributed by atoms with Gasteiger partial charge in [-0.2, -0.15) is 0 Å². The number of carbonyl (C=O) groups is 2. The number of amides is 1.